The number of allylic oxidation sites excluding steroid dienone is 3. The summed E-state index contributed by atoms with van der Waals surface area (Å²) in [5.74, 6) is 0.418. The third-order valence-electron chi connectivity index (χ3n) is 12.3. The Balaban J connectivity index is 0.00000267. The summed E-state index contributed by atoms with van der Waals surface area (Å²) in [7, 11) is 0. The van der Waals surface area contributed by atoms with Gasteiger partial charge in [-0.2, -0.15) is 0 Å². The molecule has 5 nitrogen and oxygen atoms in total. The fourth-order valence-electron chi connectivity index (χ4n) is 11.1. The van der Waals surface area contributed by atoms with E-state index in [2.05, 4.69) is 70.6 Å². The van der Waals surface area contributed by atoms with Crippen molar-refractivity contribution in [2.24, 2.45) is 11.3 Å². The number of piperidine rings is 1. The number of para-hydroxylation sites is 1. The number of aliphatic hydroxyl groups is 1. The number of rotatable bonds is 1. The fraction of sp³-hybridized carbons (Fsp3) is 0.528. The fourth-order valence-corrected chi connectivity index (χ4v) is 11.1. The van der Waals surface area contributed by atoms with Crippen LogP contribution in [0, 0.1) is 11.3 Å². The van der Waals surface area contributed by atoms with Crippen LogP contribution in [0.1, 0.15) is 63.5 Å². The molecule has 5 aliphatic heterocycles. The zero-order chi connectivity index (χ0) is 27.2. The lowest BCUT2D eigenvalue weighted by Crippen LogP contribution is -3.00. The minimum absolute atomic E-state index is 0. The Bertz CT molecular complexity index is 1620. The van der Waals surface area contributed by atoms with E-state index < -0.39 is 5.60 Å². The second kappa shape index (κ2) is 9.79. The van der Waals surface area contributed by atoms with Crippen LogP contribution < -0.4 is 12.4 Å². The van der Waals surface area contributed by atoms with Crippen LogP contribution in [-0.4, -0.2) is 74.4 Å². The second-order valence-electron chi connectivity index (χ2n) is 14.2. The summed E-state index contributed by atoms with van der Waals surface area (Å²) in [4.78, 5) is 11.7. The van der Waals surface area contributed by atoms with E-state index in [1.54, 1.807) is 0 Å². The Morgan fingerprint density at radius 1 is 0.952 bits per heavy atom. The van der Waals surface area contributed by atoms with Gasteiger partial charge in [-0.1, -0.05) is 30.4 Å². The van der Waals surface area contributed by atoms with Crippen LogP contribution >= 0.6 is 0 Å². The topological polar surface area (TPSA) is 52.2 Å². The Morgan fingerprint density at radius 3 is 2.79 bits per heavy atom. The molecular weight excluding hydrogens is 540 g/mol. The van der Waals surface area contributed by atoms with Crippen LogP contribution in [-0.2, 0) is 0 Å². The SMILES string of the molecule is O[C@]12C=C(c3nccc4c3[nH]c3ccccc34)[C@@H]3CCN(CCCC/C=C\CC1)C[C@@]31C[C@@H]3C=C[C@H]4CCC[N+]43[C@H]12.[Cl-]. The molecule has 0 radical (unpaired) electrons. The van der Waals surface area contributed by atoms with Gasteiger partial charge in [-0.3, -0.25) is 4.98 Å². The number of benzene rings is 1. The molecule has 9 rings (SSSR count). The van der Waals surface area contributed by atoms with Gasteiger partial charge < -0.3 is 31.9 Å². The molecule has 42 heavy (non-hydrogen) atoms. The molecule has 2 unspecified atom stereocenters. The monoisotopic (exact) mass is 582 g/mol. The highest BCUT2D eigenvalue weighted by Crippen LogP contribution is 2.66. The second-order valence-corrected chi connectivity index (χ2v) is 14.2. The maximum atomic E-state index is 13.3. The number of pyridine rings is 1. The summed E-state index contributed by atoms with van der Waals surface area (Å²) >= 11 is 0. The first-order valence-electron chi connectivity index (χ1n) is 16.4. The van der Waals surface area contributed by atoms with E-state index in [4.69, 9.17) is 4.98 Å². The van der Waals surface area contributed by atoms with Crippen LogP contribution in [0.25, 0.3) is 27.4 Å². The van der Waals surface area contributed by atoms with Crippen LogP contribution in [0.15, 0.2) is 66.9 Å². The van der Waals surface area contributed by atoms with Crippen molar-refractivity contribution in [3.63, 3.8) is 0 Å². The number of fused-ring (bicyclic) bond motifs is 4. The van der Waals surface area contributed by atoms with Crippen molar-refractivity contribution in [2.75, 3.05) is 26.2 Å². The van der Waals surface area contributed by atoms with Gasteiger partial charge in [0.05, 0.1) is 23.2 Å². The number of hydrogen-bond donors (Lipinski definition) is 2. The van der Waals surface area contributed by atoms with Gasteiger partial charge in [-0.15, -0.1) is 0 Å². The molecule has 3 fully saturated rings. The van der Waals surface area contributed by atoms with E-state index in [-0.39, 0.29) is 23.9 Å². The van der Waals surface area contributed by atoms with Gasteiger partial charge in [-0.25, -0.2) is 0 Å². The molecule has 0 saturated carbocycles. The number of aromatic amines is 1. The number of H-pyrrole nitrogens is 1. The maximum Gasteiger partial charge on any atom is 0.136 e. The smallest absolute Gasteiger partial charge is 0.136 e. The van der Waals surface area contributed by atoms with Crippen molar-refractivity contribution in [2.45, 2.75) is 81.5 Å². The molecule has 6 aliphatic rings. The zero-order valence-corrected chi connectivity index (χ0v) is 25.3. The zero-order valence-electron chi connectivity index (χ0n) is 24.5. The first kappa shape index (κ1) is 27.1. The van der Waals surface area contributed by atoms with Gasteiger partial charge in [0.15, 0.2) is 0 Å². The van der Waals surface area contributed by atoms with Gasteiger partial charge in [0.2, 0.25) is 0 Å². The molecule has 2 N–H and O–H groups in total. The van der Waals surface area contributed by atoms with Crippen LogP contribution in [0.5, 0.6) is 0 Å². The number of aromatic nitrogens is 2. The summed E-state index contributed by atoms with van der Waals surface area (Å²) in [6.45, 7) is 4.68. The Hall–Kier alpha value is -2.44. The van der Waals surface area contributed by atoms with E-state index >= 15 is 0 Å². The number of hydrogen-bond acceptors (Lipinski definition) is 3. The van der Waals surface area contributed by atoms with Crippen LogP contribution in [0.4, 0.5) is 0 Å². The number of halogens is 1. The molecule has 8 atom stereocenters. The third kappa shape index (κ3) is 3.57. The van der Waals surface area contributed by atoms with Gasteiger partial charge in [0.25, 0.3) is 0 Å². The van der Waals surface area contributed by atoms with Crippen LogP contribution in [0.3, 0.4) is 0 Å². The summed E-state index contributed by atoms with van der Waals surface area (Å²) in [5.41, 5.74) is 3.90. The molecule has 0 amide bonds. The molecule has 1 aromatic carbocycles. The summed E-state index contributed by atoms with van der Waals surface area (Å²) < 4.78 is 1.12. The van der Waals surface area contributed by atoms with Gasteiger partial charge in [-0.05, 0) is 93.5 Å². The molecule has 2 spiro atoms. The predicted octanol–water partition coefficient (Wildman–Crippen LogP) is 3.37. The first-order chi connectivity index (χ1) is 20.1. The van der Waals surface area contributed by atoms with E-state index in [9.17, 15) is 5.11 Å². The Labute approximate surface area is 255 Å². The van der Waals surface area contributed by atoms with Gasteiger partial charge in [0.1, 0.15) is 23.7 Å². The van der Waals surface area contributed by atoms with Gasteiger partial charge in [0, 0.05) is 48.3 Å². The summed E-state index contributed by atoms with van der Waals surface area (Å²) in [5, 5.41) is 15.8. The van der Waals surface area contributed by atoms with E-state index in [0.29, 0.717) is 18.0 Å². The minimum atomic E-state index is -0.855. The van der Waals surface area contributed by atoms with E-state index in [1.807, 2.05) is 6.20 Å². The summed E-state index contributed by atoms with van der Waals surface area (Å²) in [6.07, 6.45) is 24.6. The molecule has 3 aromatic rings. The molecule has 6 heteroatoms. The molecule has 2 aromatic heterocycles. The normalized spacial score (nSPS) is 41.3. The molecule has 7 heterocycles. The Morgan fingerprint density at radius 2 is 1.83 bits per heavy atom. The molecular formula is C36H43ClN4O. The average molecular weight is 583 g/mol. The molecule has 1 aliphatic carbocycles. The van der Waals surface area contributed by atoms with Crippen molar-refractivity contribution in [1.29, 1.82) is 0 Å². The maximum absolute atomic E-state index is 13.3. The third-order valence-corrected chi connectivity index (χ3v) is 12.3. The van der Waals surface area contributed by atoms with Crippen molar-refractivity contribution >= 4 is 27.4 Å². The Kier molecular flexibility index (Phi) is 6.32. The number of nitrogens with zero attached hydrogens (tertiary/aromatic N) is 3. The highest BCUT2D eigenvalue weighted by atomic mass is 35.5. The van der Waals surface area contributed by atoms with Crippen molar-refractivity contribution in [3.8, 4) is 0 Å². The lowest BCUT2D eigenvalue weighted by atomic mass is 9.54. The predicted molar refractivity (Wildman–Crippen MR) is 165 cm³/mol. The number of quaternary nitrogens is 1. The lowest BCUT2D eigenvalue weighted by molar-refractivity contribution is -0.964. The highest BCUT2D eigenvalue weighted by molar-refractivity contribution is 6.09. The first-order valence-corrected chi connectivity index (χ1v) is 16.4. The van der Waals surface area contributed by atoms with Crippen molar-refractivity contribution < 1.29 is 22.0 Å². The van der Waals surface area contributed by atoms with Gasteiger partial charge >= 0.3 is 0 Å². The van der Waals surface area contributed by atoms with Crippen molar-refractivity contribution in [3.05, 3.63) is 72.6 Å². The highest BCUT2D eigenvalue weighted by Gasteiger charge is 2.76. The van der Waals surface area contributed by atoms with E-state index in [0.717, 1.165) is 54.5 Å². The van der Waals surface area contributed by atoms with Crippen LogP contribution in [0.2, 0.25) is 0 Å². The molecule has 220 valence electrons. The van der Waals surface area contributed by atoms with Crippen molar-refractivity contribution in [1.82, 2.24) is 14.9 Å². The molecule has 3 bridgehead atoms. The minimum Gasteiger partial charge on any atom is -1.00 e. The van der Waals surface area contributed by atoms with E-state index in [1.165, 1.54) is 67.1 Å². The summed E-state index contributed by atoms with van der Waals surface area (Å²) in [6, 6.07) is 12.2. The lowest BCUT2D eigenvalue weighted by Gasteiger charge is -2.59. The quantitative estimate of drug-likeness (QED) is 0.342. The molecule has 3 saturated heterocycles. The number of nitrogens with one attached hydrogen (secondary N) is 1. The average Bonchev–Trinajstić information content (AvgIpc) is 3.71. The standard InChI is InChI=1S/C36H43N4O.ClH/c41-36-17-7-3-1-2-4-8-19-39-20-16-30(35(24-39)22-26-14-13-25-10-9-21-40(25,26)34(35)36)29(23-36)32-33-28(15-18-37-32)27-11-5-6-12-31(27)38-33;/h1,3,5-6,11-15,18,23,25-26,30,34,38,41H,2,4,7-10,16-17,19-22,24H2;1H/q+1;/p-1/b3-1-;/t25-,26+,30+,34-,35+,36+,40?;/m1./s1. The largest absolute Gasteiger partial charge is 1.00 e.